The van der Waals surface area contributed by atoms with Crippen molar-refractivity contribution in [3.8, 4) is 5.75 Å². The Morgan fingerprint density at radius 3 is 2.69 bits per heavy atom. The van der Waals surface area contributed by atoms with Gasteiger partial charge in [-0.2, -0.15) is 5.10 Å². The maximum Gasteiger partial charge on any atom is 0.240 e. The highest BCUT2D eigenvalue weighted by molar-refractivity contribution is 8.15. The van der Waals surface area contributed by atoms with Crippen molar-refractivity contribution in [1.29, 1.82) is 0 Å². The number of nitrogens with one attached hydrogen (secondary N) is 2. The van der Waals surface area contributed by atoms with Crippen molar-refractivity contribution in [2.24, 2.45) is 10.2 Å². The van der Waals surface area contributed by atoms with Crippen LogP contribution in [0.15, 0.2) is 58.7 Å². The van der Waals surface area contributed by atoms with Gasteiger partial charge in [-0.1, -0.05) is 36.0 Å². The molecule has 1 fully saturated rings. The number of amidine groups is 1. The zero-order chi connectivity index (χ0) is 20.8. The zero-order valence-electron chi connectivity index (χ0n) is 15.8. The van der Waals surface area contributed by atoms with Gasteiger partial charge in [0.15, 0.2) is 5.17 Å². The normalized spacial score (nSPS) is 17.9. The molecule has 0 aliphatic carbocycles. The molecule has 29 heavy (non-hydrogen) atoms. The Morgan fingerprint density at radius 2 is 1.97 bits per heavy atom. The lowest BCUT2D eigenvalue weighted by atomic mass is 10.1. The van der Waals surface area contributed by atoms with Gasteiger partial charge in [0.1, 0.15) is 16.8 Å². The van der Waals surface area contributed by atoms with E-state index < -0.39 is 5.25 Å². The number of thioether (sulfide) groups is 1. The Labute approximate surface area is 171 Å². The highest BCUT2D eigenvalue weighted by atomic mass is 32.2. The first-order valence-corrected chi connectivity index (χ1v) is 9.63. The average Bonchev–Trinajstić information content (AvgIpc) is 3.06. The molecule has 0 bridgehead atoms. The molecule has 9 heteroatoms. The minimum absolute atomic E-state index is 0.0196. The molecule has 2 aromatic rings. The molecule has 0 radical (unpaired) electrons. The largest absolute Gasteiger partial charge is 0.495 e. The summed E-state index contributed by atoms with van der Waals surface area (Å²) in [5.74, 6) is -0.411. The maximum absolute atomic E-state index is 13.0. The molecule has 2 amide bonds. The monoisotopic (exact) mass is 414 g/mol. The number of amides is 2. The van der Waals surface area contributed by atoms with E-state index in [1.807, 2.05) is 0 Å². The molecule has 0 spiro atoms. The number of hydrogen-bond acceptors (Lipinski definition) is 6. The van der Waals surface area contributed by atoms with Crippen LogP contribution in [-0.2, 0) is 9.59 Å². The fourth-order valence-electron chi connectivity index (χ4n) is 2.57. The van der Waals surface area contributed by atoms with E-state index in [0.717, 1.165) is 17.3 Å². The fourth-order valence-corrected chi connectivity index (χ4v) is 3.49. The summed E-state index contributed by atoms with van der Waals surface area (Å²) < 4.78 is 18.2. The first-order chi connectivity index (χ1) is 14.0. The van der Waals surface area contributed by atoms with Crippen LogP contribution in [-0.4, -0.2) is 35.1 Å². The van der Waals surface area contributed by atoms with Crippen molar-refractivity contribution in [3.05, 3.63) is 59.9 Å². The molecule has 0 unspecified atom stereocenters. The van der Waals surface area contributed by atoms with E-state index in [1.54, 1.807) is 43.3 Å². The van der Waals surface area contributed by atoms with Crippen LogP contribution in [0.1, 0.15) is 18.9 Å². The van der Waals surface area contributed by atoms with Crippen LogP contribution in [0, 0.1) is 5.82 Å². The summed E-state index contributed by atoms with van der Waals surface area (Å²) in [7, 11) is 1.52. The van der Waals surface area contributed by atoms with Crippen molar-refractivity contribution in [2.45, 2.75) is 18.6 Å². The van der Waals surface area contributed by atoms with Crippen LogP contribution >= 0.6 is 11.8 Å². The van der Waals surface area contributed by atoms with Gasteiger partial charge >= 0.3 is 0 Å². The van der Waals surface area contributed by atoms with E-state index in [2.05, 4.69) is 20.8 Å². The van der Waals surface area contributed by atoms with Gasteiger partial charge in [0, 0.05) is 6.42 Å². The Hall–Kier alpha value is -3.20. The molecule has 0 aromatic heterocycles. The van der Waals surface area contributed by atoms with E-state index >= 15 is 0 Å². The SMILES string of the molecule is COc1ccccc1NC(=O)C[C@H]1SC(=NN=C(C)c2ccc(F)cc2)NC1=O. The van der Waals surface area contributed by atoms with E-state index in [1.165, 1.54) is 19.2 Å². The number of anilines is 1. The van der Waals surface area contributed by atoms with E-state index in [-0.39, 0.29) is 24.1 Å². The molecule has 1 atom stereocenters. The average molecular weight is 414 g/mol. The van der Waals surface area contributed by atoms with Crippen molar-refractivity contribution in [3.63, 3.8) is 0 Å². The lowest BCUT2D eigenvalue weighted by Gasteiger charge is -2.10. The van der Waals surface area contributed by atoms with Crippen molar-refractivity contribution >= 4 is 40.1 Å². The Morgan fingerprint density at radius 1 is 1.24 bits per heavy atom. The Balaban J connectivity index is 1.61. The number of para-hydroxylation sites is 2. The van der Waals surface area contributed by atoms with E-state index in [9.17, 15) is 14.0 Å². The topological polar surface area (TPSA) is 92.2 Å². The third-order valence-electron chi connectivity index (χ3n) is 4.08. The number of carbonyl (C=O) groups excluding carboxylic acids is 2. The van der Waals surface area contributed by atoms with Crippen molar-refractivity contribution < 1.29 is 18.7 Å². The Bertz CT molecular complexity index is 976. The third kappa shape index (κ3) is 5.41. The third-order valence-corrected chi connectivity index (χ3v) is 5.15. The van der Waals surface area contributed by atoms with Gasteiger partial charge in [-0.05, 0) is 36.8 Å². The number of carbonyl (C=O) groups is 2. The molecule has 0 saturated carbocycles. The van der Waals surface area contributed by atoms with Gasteiger partial charge in [-0.25, -0.2) is 4.39 Å². The molecule has 2 aromatic carbocycles. The fraction of sp³-hybridized carbons (Fsp3) is 0.200. The van der Waals surface area contributed by atoms with Gasteiger partial charge in [-0.3, -0.25) is 9.59 Å². The Kier molecular flexibility index (Phi) is 6.61. The second-order valence-corrected chi connectivity index (χ2v) is 7.34. The van der Waals surface area contributed by atoms with Crippen LogP contribution in [0.4, 0.5) is 10.1 Å². The highest BCUT2D eigenvalue weighted by Crippen LogP contribution is 2.26. The van der Waals surface area contributed by atoms with Gasteiger partial charge in [0.25, 0.3) is 0 Å². The maximum atomic E-state index is 13.0. The number of rotatable bonds is 6. The molecule has 7 nitrogen and oxygen atoms in total. The summed E-state index contributed by atoms with van der Waals surface area (Å²) >= 11 is 1.14. The van der Waals surface area contributed by atoms with Crippen LogP contribution in [0.3, 0.4) is 0 Å². The molecule has 1 saturated heterocycles. The number of nitrogens with zero attached hydrogens (tertiary/aromatic N) is 2. The summed E-state index contributed by atoms with van der Waals surface area (Å²) in [6, 6.07) is 12.9. The second kappa shape index (κ2) is 9.33. The smallest absolute Gasteiger partial charge is 0.240 e. The highest BCUT2D eigenvalue weighted by Gasteiger charge is 2.32. The summed E-state index contributed by atoms with van der Waals surface area (Å²) in [5.41, 5.74) is 1.83. The lowest BCUT2D eigenvalue weighted by Crippen LogP contribution is -2.28. The standard InChI is InChI=1S/C20H19FN4O3S/c1-12(13-7-9-14(21)10-8-13)24-25-20-23-19(27)17(29-20)11-18(26)22-15-5-3-4-6-16(15)28-2/h3-10,17H,11H2,1-2H3,(H,22,26)(H,23,25,27)/t17-/m1/s1. The molecule has 2 N–H and O–H groups in total. The van der Waals surface area contributed by atoms with Crippen LogP contribution in [0.5, 0.6) is 5.75 Å². The minimum Gasteiger partial charge on any atom is -0.495 e. The second-order valence-electron chi connectivity index (χ2n) is 6.15. The lowest BCUT2D eigenvalue weighted by molar-refractivity contribution is -0.122. The van der Waals surface area contributed by atoms with Crippen LogP contribution in [0.25, 0.3) is 0 Å². The molecular formula is C20H19FN4O3S. The van der Waals surface area contributed by atoms with Crippen molar-refractivity contribution in [1.82, 2.24) is 5.32 Å². The zero-order valence-corrected chi connectivity index (χ0v) is 16.6. The molecule has 3 rings (SSSR count). The number of hydrogen-bond donors (Lipinski definition) is 2. The van der Waals surface area contributed by atoms with Gasteiger partial charge in [-0.15, -0.1) is 5.10 Å². The number of halogens is 1. The van der Waals surface area contributed by atoms with E-state index in [4.69, 9.17) is 4.74 Å². The predicted octanol–water partition coefficient (Wildman–Crippen LogP) is 3.17. The predicted molar refractivity (Wildman–Crippen MR) is 112 cm³/mol. The molecule has 1 aliphatic heterocycles. The summed E-state index contributed by atoms with van der Waals surface area (Å²) in [6.45, 7) is 1.73. The van der Waals surface area contributed by atoms with Crippen molar-refractivity contribution in [2.75, 3.05) is 12.4 Å². The summed E-state index contributed by atoms with van der Waals surface area (Å²) in [4.78, 5) is 24.4. The summed E-state index contributed by atoms with van der Waals surface area (Å²) in [5, 5.41) is 13.2. The molecule has 150 valence electrons. The molecule has 1 heterocycles. The minimum atomic E-state index is -0.607. The van der Waals surface area contributed by atoms with E-state index in [0.29, 0.717) is 22.3 Å². The van der Waals surface area contributed by atoms with Gasteiger partial charge < -0.3 is 15.4 Å². The first-order valence-electron chi connectivity index (χ1n) is 8.75. The summed E-state index contributed by atoms with van der Waals surface area (Å²) in [6.07, 6.45) is -0.0196. The van der Waals surface area contributed by atoms with Crippen LogP contribution in [0.2, 0.25) is 0 Å². The molecule has 1 aliphatic rings. The van der Waals surface area contributed by atoms with Crippen LogP contribution < -0.4 is 15.4 Å². The number of benzene rings is 2. The number of ether oxygens (including phenoxy) is 1. The van der Waals surface area contributed by atoms with Gasteiger partial charge in [0.05, 0.1) is 18.5 Å². The molecular weight excluding hydrogens is 395 g/mol. The quantitative estimate of drug-likeness (QED) is 0.561. The number of methoxy groups -OCH3 is 1. The van der Waals surface area contributed by atoms with Gasteiger partial charge in [0.2, 0.25) is 11.8 Å². The first kappa shape index (κ1) is 20.5.